The number of rotatable bonds is 6. The van der Waals surface area contributed by atoms with E-state index in [2.05, 4.69) is 53.1 Å². The van der Waals surface area contributed by atoms with Gasteiger partial charge in [-0.05, 0) is 114 Å². The Kier molecular flexibility index (Phi) is 15.1. The van der Waals surface area contributed by atoms with Gasteiger partial charge in [-0.2, -0.15) is 0 Å². The average molecular weight is 1090 g/mol. The molecular weight excluding hydrogens is 1030 g/mol. The van der Waals surface area contributed by atoms with Crippen LogP contribution in [0.25, 0.3) is 0 Å². The number of amides is 4. The van der Waals surface area contributed by atoms with Gasteiger partial charge in [-0.15, -0.1) is 0 Å². The Labute approximate surface area is 406 Å². The lowest BCUT2D eigenvalue weighted by Crippen LogP contribution is -2.65. The molecule has 4 heterocycles. The molecule has 0 bridgehead atoms. The highest BCUT2D eigenvalue weighted by Gasteiger charge is 2.61. The van der Waals surface area contributed by atoms with E-state index >= 15 is 0 Å². The molecule has 14 nitrogen and oxygen atoms in total. The second-order valence-corrected chi connectivity index (χ2v) is 21.4. The Balaban J connectivity index is 0.000000186. The molecule has 4 saturated heterocycles. The number of nitrogens with zero attached hydrogens (tertiary/aromatic N) is 4. The zero-order chi connectivity index (χ0) is 47.5. The molecule has 8 rings (SSSR count). The van der Waals surface area contributed by atoms with Crippen molar-refractivity contribution >= 4 is 94.5 Å². The van der Waals surface area contributed by atoms with Gasteiger partial charge in [-0.1, -0.05) is 59.9 Å². The fourth-order valence-electron chi connectivity index (χ4n) is 8.07. The predicted molar refractivity (Wildman–Crippen MR) is 264 cm³/mol. The van der Waals surface area contributed by atoms with Crippen LogP contribution in [-0.2, 0) is 19.1 Å². The van der Waals surface area contributed by atoms with Gasteiger partial charge in [0.05, 0.1) is 19.6 Å². The summed E-state index contributed by atoms with van der Waals surface area (Å²) in [6.45, 7) is 14.2. The van der Waals surface area contributed by atoms with Gasteiger partial charge in [0.15, 0.2) is 0 Å². The lowest BCUT2D eigenvalue weighted by molar-refractivity contribution is -0.120. The maximum absolute atomic E-state index is 13.5. The number of nitrogens with one attached hydrogen (secondary N) is 1. The number of carbonyl (C=O) groups excluding carboxylic acids is 4. The molecule has 4 amide bonds. The van der Waals surface area contributed by atoms with E-state index in [1.54, 1.807) is 39.9 Å². The van der Waals surface area contributed by atoms with Crippen LogP contribution in [-0.4, -0.2) is 109 Å². The quantitative estimate of drug-likeness (QED) is 0.141. The standard InChI is InChI=1S/C24H28BrN3O4.C17H20Br2N2O3.C7H9NO/c1-23(2,3)32-22(30)27-13-24(14-27)15-28(18-10-8-16(25)9-11-18)21(29)20(24)26-17-6-5-7-19(12-17)31-4;1-16(2,3)24-15(23)20-8-17(9-20)10-21(14(22)13(17)19)12-6-4-11(18)5-7-12;1-9-7-4-2-3-6(8)5-7/h5-12,20,26H,13-15H2,1-4H3;4-7,13H,8-10H2,1-3H3;2-5H,8H2,1H3. The second-order valence-electron chi connectivity index (χ2n) is 18.6. The number of likely N-dealkylation sites (tertiary alicyclic amines) is 2. The molecule has 0 radical (unpaired) electrons. The molecule has 0 saturated carbocycles. The van der Waals surface area contributed by atoms with E-state index in [0.717, 1.165) is 37.4 Å². The SMILES string of the molecule is CC(C)(C)OC(=O)N1CC2(C1)CN(c1ccc(Br)cc1)C(=O)C2Br.COc1cccc(N)c1.COc1cccc(NC2C(=O)N(c3ccc(Br)cc3)CC23CN(C(=O)OC(C)(C)C)C3)c1. The first-order valence-electron chi connectivity index (χ1n) is 21.1. The molecule has 65 heavy (non-hydrogen) atoms. The Morgan fingerprint density at radius 2 is 1.06 bits per heavy atom. The smallest absolute Gasteiger partial charge is 0.410 e. The molecule has 0 aliphatic carbocycles. The van der Waals surface area contributed by atoms with Crippen molar-refractivity contribution < 1.29 is 38.1 Å². The molecule has 17 heteroatoms. The van der Waals surface area contributed by atoms with Crippen molar-refractivity contribution in [1.29, 1.82) is 0 Å². The summed E-state index contributed by atoms with van der Waals surface area (Å²) in [6.07, 6.45) is -0.667. The first-order valence-corrected chi connectivity index (χ1v) is 23.6. The van der Waals surface area contributed by atoms with Gasteiger partial charge in [-0.25, -0.2) is 9.59 Å². The molecule has 2 spiro atoms. The van der Waals surface area contributed by atoms with Crippen molar-refractivity contribution in [2.24, 2.45) is 10.8 Å². The number of halogens is 3. The third-order valence-corrected chi connectivity index (χ3v) is 13.6. The van der Waals surface area contributed by atoms with Crippen molar-refractivity contribution in [3.8, 4) is 11.5 Å². The molecule has 3 N–H and O–H groups in total. The lowest BCUT2D eigenvalue weighted by atomic mass is 9.75. The Morgan fingerprint density at radius 1 is 0.631 bits per heavy atom. The number of nitrogens with two attached hydrogens (primary N) is 1. The molecule has 2 atom stereocenters. The zero-order valence-electron chi connectivity index (χ0n) is 37.9. The number of methoxy groups -OCH3 is 2. The van der Waals surface area contributed by atoms with E-state index in [1.165, 1.54) is 0 Å². The number of hydrogen-bond acceptors (Lipinski definition) is 10. The van der Waals surface area contributed by atoms with Gasteiger partial charge < -0.3 is 49.6 Å². The number of alkyl halides is 1. The maximum Gasteiger partial charge on any atom is 0.410 e. The highest BCUT2D eigenvalue weighted by Crippen LogP contribution is 2.47. The van der Waals surface area contributed by atoms with E-state index in [-0.39, 0.29) is 34.2 Å². The van der Waals surface area contributed by atoms with E-state index in [0.29, 0.717) is 45.0 Å². The van der Waals surface area contributed by atoms with Crippen LogP contribution in [0.3, 0.4) is 0 Å². The molecule has 0 aromatic heterocycles. The summed E-state index contributed by atoms with van der Waals surface area (Å²) in [5.41, 5.74) is 6.96. The van der Waals surface area contributed by atoms with Crippen LogP contribution in [0.15, 0.2) is 106 Å². The molecule has 4 aromatic carbocycles. The summed E-state index contributed by atoms with van der Waals surface area (Å²) in [7, 11) is 3.23. The van der Waals surface area contributed by atoms with Crippen LogP contribution in [0.5, 0.6) is 11.5 Å². The molecule has 4 fully saturated rings. The highest BCUT2D eigenvalue weighted by atomic mass is 79.9. The number of benzene rings is 4. The summed E-state index contributed by atoms with van der Waals surface area (Å²) in [5, 5.41) is 3.42. The molecule has 348 valence electrons. The van der Waals surface area contributed by atoms with E-state index in [9.17, 15) is 19.2 Å². The molecule has 4 aromatic rings. The van der Waals surface area contributed by atoms with Crippen molar-refractivity contribution in [2.75, 3.05) is 74.3 Å². The lowest BCUT2D eigenvalue weighted by Gasteiger charge is -2.49. The van der Waals surface area contributed by atoms with E-state index in [1.807, 2.05) is 133 Å². The van der Waals surface area contributed by atoms with Crippen LogP contribution >= 0.6 is 47.8 Å². The average Bonchev–Trinajstić information content (AvgIpc) is 3.66. The van der Waals surface area contributed by atoms with Crippen molar-refractivity contribution in [3.63, 3.8) is 0 Å². The monoisotopic (exact) mass is 1080 g/mol. The molecule has 4 aliphatic heterocycles. The first-order chi connectivity index (χ1) is 30.5. The zero-order valence-corrected chi connectivity index (χ0v) is 42.7. The summed E-state index contributed by atoms with van der Waals surface area (Å²) < 4.78 is 23.1. The van der Waals surface area contributed by atoms with Crippen molar-refractivity contribution in [3.05, 3.63) is 106 Å². The topological polar surface area (TPSA) is 156 Å². The normalized spacial score (nSPS) is 19.3. The third kappa shape index (κ3) is 11.9. The van der Waals surface area contributed by atoms with Gasteiger partial charge in [0, 0.05) is 88.5 Å². The number of nitrogen functional groups attached to an aromatic ring is 1. The maximum atomic E-state index is 13.5. The summed E-state index contributed by atoms with van der Waals surface area (Å²) >= 11 is 10.4. The number of hydrogen-bond donors (Lipinski definition) is 2. The summed E-state index contributed by atoms with van der Waals surface area (Å²) in [6, 6.07) is 29.7. The summed E-state index contributed by atoms with van der Waals surface area (Å²) in [4.78, 5) is 57.5. The number of carbonyl (C=O) groups is 4. The number of ether oxygens (including phenoxy) is 4. The van der Waals surface area contributed by atoms with Gasteiger partial charge in [0.25, 0.3) is 0 Å². The predicted octanol–water partition coefficient (Wildman–Crippen LogP) is 9.60. The third-order valence-electron chi connectivity index (χ3n) is 11.2. The van der Waals surface area contributed by atoms with Gasteiger partial charge in [0.1, 0.15) is 33.6 Å². The highest BCUT2D eigenvalue weighted by molar-refractivity contribution is 9.11. The minimum atomic E-state index is -0.562. The molecular formula is C48H57Br3N6O8. The van der Waals surface area contributed by atoms with E-state index in [4.69, 9.17) is 24.7 Å². The van der Waals surface area contributed by atoms with Crippen LogP contribution in [0.4, 0.5) is 32.3 Å². The van der Waals surface area contributed by atoms with E-state index < -0.39 is 22.7 Å². The largest absolute Gasteiger partial charge is 0.497 e. The van der Waals surface area contributed by atoms with Crippen LogP contribution in [0.2, 0.25) is 0 Å². The molecule has 4 aliphatic rings. The minimum Gasteiger partial charge on any atom is -0.497 e. The van der Waals surface area contributed by atoms with Gasteiger partial charge >= 0.3 is 12.2 Å². The summed E-state index contributed by atoms with van der Waals surface area (Å²) in [5.74, 6) is 1.54. The van der Waals surface area contributed by atoms with Gasteiger partial charge in [-0.3, -0.25) is 9.59 Å². The van der Waals surface area contributed by atoms with Crippen molar-refractivity contribution in [1.82, 2.24) is 9.80 Å². The Bertz CT molecular complexity index is 2340. The Morgan fingerprint density at radius 3 is 1.51 bits per heavy atom. The first kappa shape index (κ1) is 49.4. The van der Waals surface area contributed by atoms with Gasteiger partial charge in [0.2, 0.25) is 11.8 Å². The van der Waals surface area contributed by atoms with Crippen molar-refractivity contribution in [2.45, 2.75) is 63.6 Å². The fraction of sp³-hybridized carbons (Fsp3) is 0.417. The Hall–Kier alpha value is -5.00. The van der Waals surface area contributed by atoms with Crippen LogP contribution < -0.4 is 30.3 Å². The number of anilines is 4. The molecule has 2 unspecified atom stereocenters. The van der Waals surface area contributed by atoms with Crippen LogP contribution in [0, 0.1) is 10.8 Å². The second kappa shape index (κ2) is 19.8. The minimum absolute atomic E-state index is 0.0148. The fourth-order valence-corrected chi connectivity index (χ4v) is 9.28. The van der Waals surface area contributed by atoms with Crippen LogP contribution in [0.1, 0.15) is 41.5 Å².